The molecule has 1 fully saturated rings. The molecule has 1 unspecified atom stereocenters. The van der Waals surface area contributed by atoms with Gasteiger partial charge in [-0.3, -0.25) is 4.79 Å². The maximum Gasteiger partial charge on any atom is 0.170 e. The lowest BCUT2D eigenvalue weighted by Crippen LogP contribution is -2.35. The summed E-state index contributed by atoms with van der Waals surface area (Å²) in [6.45, 7) is 7.68. The zero-order chi connectivity index (χ0) is 14.4. The summed E-state index contributed by atoms with van der Waals surface area (Å²) in [4.78, 5) is 15.0. The molecule has 0 bridgehead atoms. The quantitative estimate of drug-likeness (QED) is 0.745. The van der Waals surface area contributed by atoms with Crippen LogP contribution in [-0.2, 0) is 0 Å². The number of ketones is 1. The topological polar surface area (TPSA) is 29.5 Å². The van der Waals surface area contributed by atoms with E-state index in [4.69, 9.17) is 4.74 Å². The number of carbonyl (C=O) groups excluding carboxylic acids is 1. The zero-order valence-corrected chi connectivity index (χ0v) is 12.6. The fourth-order valence-electron chi connectivity index (χ4n) is 2.83. The second-order valence-corrected chi connectivity index (χ2v) is 5.56. The highest BCUT2D eigenvalue weighted by Gasteiger charge is 2.22. The van der Waals surface area contributed by atoms with Crippen molar-refractivity contribution in [2.45, 2.75) is 33.1 Å². The van der Waals surface area contributed by atoms with Crippen LogP contribution in [0.5, 0.6) is 5.75 Å². The van der Waals surface area contributed by atoms with Crippen LogP contribution >= 0.6 is 0 Å². The number of likely N-dealkylation sites (tertiary alicyclic amines) is 1. The Balaban J connectivity index is 2.02. The molecule has 0 saturated carbocycles. The molecule has 3 nitrogen and oxygen atoms in total. The maximum atomic E-state index is 12.6. The Morgan fingerprint density at radius 1 is 1.25 bits per heavy atom. The van der Waals surface area contributed by atoms with Crippen LogP contribution in [0.4, 0.5) is 0 Å². The lowest BCUT2D eigenvalue weighted by molar-refractivity contribution is 0.0880. The van der Waals surface area contributed by atoms with Crippen LogP contribution in [0.1, 0.15) is 43.5 Å². The van der Waals surface area contributed by atoms with E-state index in [1.165, 1.54) is 19.3 Å². The molecule has 1 aromatic rings. The molecule has 1 aliphatic heterocycles. The Morgan fingerprint density at radius 2 is 1.95 bits per heavy atom. The molecule has 3 heteroatoms. The first-order valence-electron chi connectivity index (χ1n) is 7.70. The highest BCUT2D eigenvalue weighted by Crippen LogP contribution is 2.22. The van der Waals surface area contributed by atoms with E-state index in [2.05, 4.69) is 4.90 Å². The largest absolute Gasteiger partial charge is 0.493 e. The standard InChI is InChI=1S/C17H25NO2/c1-3-20-16-10-6-5-9-15(16)17(19)14(2)13-18-11-7-4-8-12-18/h5-6,9-10,14H,3-4,7-8,11-13H2,1-2H3. The normalized spacial score (nSPS) is 17.7. The van der Waals surface area contributed by atoms with Crippen LogP contribution in [0, 0.1) is 5.92 Å². The average Bonchev–Trinajstić information content (AvgIpc) is 2.48. The molecule has 1 aromatic carbocycles. The van der Waals surface area contributed by atoms with E-state index in [9.17, 15) is 4.79 Å². The Hall–Kier alpha value is -1.35. The van der Waals surface area contributed by atoms with E-state index in [1.54, 1.807) is 0 Å². The molecule has 1 aliphatic rings. The van der Waals surface area contributed by atoms with Gasteiger partial charge in [-0.1, -0.05) is 25.5 Å². The number of hydrogen-bond acceptors (Lipinski definition) is 3. The van der Waals surface area contributed by atoms with Gasteiger partial charge in [0.2, 0.25) is 0 Å². The van der Waals surface area contributed by atoms with Crippen LogP contribution in [0.2, 0.25) is 0 Å². The van der Waals surface area contributed by atoms with Crippen molar-refractivity contribution in [1.82, 2.24) is 4.90 Å². The Bertz CT molecular complexity index is 438. The van der Waals surface area contributed by atoms with Gasteiger partial charge in [0, 0.05) is 12.5 Å². The first kappa shape index (κ1) is 15.0. The molecule has 0 N–H and O–H groups in total. The van der Waals surface area contributed by atoms with Crippen LogP contribution in [-0.4, -0.2) is 36.9 Å². The Labute approximate surface area is 121 Å². The Morgan fingerprint density at radius 3 is 2.65 bits per heavy atom. The number of piperidine rings is 1. The molecule has 0 radical (unpaired) electrons. The summed E-state index contributed by atoms with van der Waals surface area (Å²) in [6.07, 6.45) is 3.85. The number of hydrogen-bond donors (Lipinski definition) is 0. The van der Waals surface area contributed by atoms with Crippen molar-refractivity contribution in [2.75, 3.05) is 26.2 Å². The van der Waals surface area contributed by atoms with Crippen LogP contribution in [0.15, 0.2) is 24.3 Å². The second kappa shape index (κ2) is 7.44. The molecular formula is C17H25NO2. The molecule has 20 heavy (non-hydrogen) atoms. The van der Waals surface area contributed by atoms with E-state index in [-0.39, 0.29) is 11.7 Å². The van der Waals surface area contributed by atoms with Gasteiger partial charge in [0.15, 0.2) is 5.78 Å². The molecule has 1 heterocycles. The summed E-state index contributed by atoms with van der Waals surface area (Å²) >= 11 is 0. The zero-order valence-electron chi connectivity index (χ0n) is 12.6. The highest BCUT2D eigenvalue weighted by molar-refractivity contribution is 6.00. The first-order valence-corrected chi connectivity index (χ1v) is 7.70. The summed E-state index contributed by atoms with van der Waals surface area (Å²) in [5, 5.41) is 0. The third-order valence-electron chi connectivity index (χ3n) is 3.88. The van der Waals surface area contributed by atoms with Gasteiger partial charge in [0.1, 0.15) is 5.75 Å². The van der Waals surface area contributed by atoms with Crippen molar-refractivity contribution < 1.29 is 9.53 Å². The molecule has 1 saturated heterocycles. The van der Waals surface area contributed by atoms with E-state index in [1.807, 2.05) is 38.1 Å². The predicted molar refractivity (Wildman–Crippen MR) is 81.4 cm³/mol. The maximum absolute atomic E-state index is 12.6. The van der Waals surface area contributed by atoms with Gasteiger partial charge in [0.25, 0.3) is 0 Å². The fraction of sp³-hybridized carbons (Fsp3) is 0.588. The minimum absolute atomic E-state index is 0.0229. The summed E-state index contributed by atoms with van der Waals surface area (Å²) in [5.74, 6) is 0.930. The number of carbonyl (C=O) groups is 1. The monoisotopic (exact) mass is 275 g/mol. The van der Waals surface area contributed by atoms with Gasteiger partial charge in [-0.2, -0.15) is 0 Å². The molecule has 2 rings (SSSR count). The molecule has 0 amide bonds. The molecule has 110 valence electrons. The first-order chi connectivity index (χ1) is 9.72. The summed E-state index contributed by atoms with van der Waals surface area (Å²) in [7, 11) is 0. The van der Waals surface area contributed by atoms with Gasteiger partial charge >= 0.3 is 0 Å². The van der Waals surface area contributed by atoms with Gasteiger partial charge in [-0.15, -0.1) is 0 Å². The van der Waals surface area contributed by atoms with Gasteiger partial charge in [0.05, 0.1) is 12.2 Å². The summed E-state index contributed by atoms with van der Waals surface area (Å²) in [6, 6.07) is 7.57. The third-order valence-corrected chi connectivity index (χ3v) is 3.88. The SMILES string of the molecule is CCOc1ccccc1C(=O)C(C)CN1CCCCC1. The van der Waals surface area contributed by atoms with E-state index >= 15 is 0 Å². The van der Waals surface area contributed by atoms with E-state index < -0.39 is 0 Å². The van der Waals surface area contributed by atoms with Crippen molar-refractivity contribution in [3.63, 3.8) is 0 Å². The van der Waals surface area contributed by atoms with Crippen molar-refractivity contribution in [3.8, 4) is 5.75 Å². The summed E-state index contributed by atoms with van der Waals surface area (Å²) in [5.41, 5.74) is 0.721. The van der Waals surface area contributed by atoms with Crippen molar-refractivity contribution in [2.24, 2.45) is 5.92 Å². The van der Waals surface area contributed by atoms with Crippen LogP contribution in [0.25, 0.3) is 0 Å². The van der Waals surface area contributed by atoms with Gasteiger partial charge in [-0.05, 0) is 45.0 Å². The minimum Gasteiger partial charge on any atom is -0.493 e. The van der Waals surface area contributed by atoms with Crippen molar-refractivity contribution in [1.29, 1.82) is 0 Å². The highest BCUT2D eigenvalue weighted by atomic mass is 16.5. The third kappa shape index (κ3) is 3.83. The molecule has 0 spiro atoms. The lowest BCUT2D eigenvalue weighted by Gasteiger charge is -2.28. The van der Waals surface area contributed by atoms with Crippen molar-refractivity contribution in [3.05, 3.63) is 29.8 Å². The average molecular weight is 275 g/mol. The van der Waals surface area contributed by atoms with Crippen LogP contribution in [0.3, 0.4) is 0 Å². The van der Waals surface area contributed by atoms with Gasteiger partial charge in [-0.25, -0.2) is 0 Å². The van der Waals surface area contributed by atoms with E-state index in [0.29, 0.717) is 12.4 Å². The molecule has 0 aromatic heterocycles. The number of ether oxygens (including phenoxy) is 1. The number of Topliss-reactive ketones (excluding diaryl/α,β-unsaturated/α-hetero) is 1. The molecule has 1 atom stereocenters. The second-order valence-electron chi connectivity index (χ2n) is 5.56. The molecular weight excluding hydrogens is 250 g/mol. The van der Waals surface area contributed by atoms with Crippen molar-refractivity contribution >= 4 is 5.78 Å². The Kier molecular flexibility index (Phi) is 5.60. The van der Waals surface area contributed by atoms with Gasteiger partial charge < -0.3 is 9.64 Å². The summed E-state index contributed by atoms with van der Waals surface area (Å²) < 4.78 is 5.56. The van der Waals surface area contributed by atoms with Crippen LogP contribution < -0.4 is 4.74 Å². The number of para-hydroxylation sites is 1. The number of nitrogens with zero attached hydrogens (tertiary/aromatic N) is 1. The smallest absolute Gasteiger partial charge is 0.170 e. The predicted octanol–water partition coefficient (Wildman–Crippen LogP) is 3.39. The fourth-order valence-corrected chi connectivity index (χ4v) is 2.83. The number of benzene rings is 1. The van der Waals surface area contributed by atoms with E-state index in [0.717, 1.165) is 25.2 Å². The lowest BCUT2D eigenvalue weighted by atomic mass is 9.97. The number of rotatable bonds is 6. The molecule has 0 aliphatic carbocycles. The minimum atomic E-state index is 0.0229.